The third kappa shape index (κ3) is 2.70. The van der Waals surface area contributed by atoms with Gasteiger partial charge in [0.25, 0.3) is 0 Å². The van der Waals surface area contributed by atoms with Crippen molar-refractivity contribution < 1.29 is 18.0 Å². The number of alkyl halides is 3. The Morgan fingerprint density at radius 3 is 2.41 bits per heavy atom. The molecule has 122 valence electrons. The first kappa shape index (κ1) is 17.1. The molecule has 1 spiro atoms. The van der Waals surface area contributed by atoms with Crippen molar-refractivity contribution in [1.29, 1.82) is 0 Å². The molecule has 0 aromatic heterocycles. The number of halogens is 4. The summed E-state index contributed by atoms with van der Waals surface area (Å²) in [4.78, 5) is 12.3. The summed E-state index contributed by atoms with van der Waals surface area (Å²) < 4.78 is 39.7. The van der Waals surface area contributed by atoms with E-state index in [4.69, 9.17) is 0 Å². The molecule has 3 nitrogen and oxygen atoms in total. The highest BCUT2D eigenvalue weighted by molar-refractivity contribution is 5.86. The highest BCUT2D eigenvalue weighted by atomic mass is 35.5. The lowest BCUT2D eigenvalue weighted by molar-refractivity contribution is -0.139. The van der Waals surface area contributed by atoms with Crippen LogP contribution in [-0.4, -0.2) is 25.5 Å². The van der Waals surface area contributed by atoms with Crippen molar-refractivity contribution >= 4 is 18.3 Å². The quantitative estimate of drug-likeness (QED) is 0.829. The summed E-state index contributed by atoms with van der Waals surface area (Å²) in [5.41, 5.74) is -1.08. The van der Waals surface area contributed by atoms with Crippen LogP contribution in [0.4, 0.5) is 13.2 Å². The van der Waals surface area contributed by atoms with Gasteiger partial charge in [-0.25, -0.2) is 0 Å². The van der Waals surface area contributed by atoms with Crippen molar-refractivity contribution in [3.05, 3.63) is 35.4 Å². The van der Waals surface area contributed by atoms with Crippen molar-refractivity contribution in [2.75, 3.05) is 19.6 Å². The van der Waals surface area contributed by atoms with Crippen LogP contribution >= 0.6 is 12.4 Å². The number of carbonyl (C=O) groups excluding carboxylic acids is 1. The van der Waals surface area contributed by atoms with Gasteiger partial charge in [0.15, 0.2) is 0 Å². The maximum Gasteiger partial charge on any atom is 0.416 e. The van der Waals surface area contributed by atoms with Crippen LogP contribution in [0.1, 0.15) is 29.9 Å². The maximum atomic E-state index is 13.2. The molecule has 1 aromatic rings. The molecule has 0 saturated carbocycles. The topological polar surface area (TPSA) is 41.1 Å². The SMILES string of the molecule is Cl.O=C1NCC(c2ccccc2C(F)(F)F)C12CCNCC2. The molecule has 2 heterocycles. The third-order valence-electron chi connectivity index (χ3n) is 4.72. The zero-order valence-corrected chi connectivity index (χ0v) is 12.7. The number of hydrogen-bond acceptors (Lipinski definition) is 2. The summed E-state index contributed by atoms with van der Waals surface area (Å²) in [5, 5.41) is 5.94. The Morgan fingerprint density at radius 2 is 1.77 bits per heavy atom. The molecule has 0 radical (unpaired) electrons. The van der Waals surface area contributed by atoms with E-state index in [0.29, 0.717) is 25.9 Å². The van der Waals surface area contributed by atoms with Crippen molar-refractivity contribution in [3.63, 3.8) is 0 Å². The summed E-state index contributed by atoms with van der Waals surface area (Å²) in [5.74, 6) is -0.518. The number of amides is 1. The predicted octanol–water partition coefficient (Wildman–Crippen LogP) is 2.71. The maximum absolute atomic E-state index is 13.2. The lowest BCUT2D eigenvalue weighted by atomic mass is 9.67. The summed E-state index contributed by atoms with van der Waals surface area (Å²) in [6, 6.07) is 5.62. The van der Waals surface area contributed by atoms with Crippen LogP contribution in [0.3, 0.4) is 0 Å². The van der Waals surface area contributed by atoms with Crippen molar-refractivity contribution in [3.8, 4) is 0 Å². The molecule has 3 rings (SSSR count). The minimum absolute atomic E-state index is 0. The number of piperidine rings is 1. The van der Waals surface area contributed by atoms with E-state index in [2.05, 4.69) is 10.6 Å². The van der Waals surface area contributed by atoms with Gasteiger partial charge in [0.05, 0.1) is 11.0 Å². The number of rotatable bonds is 1. The fourth-order valence-electron chi connectivity index (χ4n) is 3.64. The number of benzene rings is 1. The monoisotopic (exact) mass is 334 g/mol. The first-order chi connectivity index (χ1) is 9.95. The minimum atomic E-state index is -4.39. The Labute approximate surface area is 133 Å². The van der Waals surface area contributed by atoms with Crippen LogP contribution in [0.15, 0.2) is 24.3 Å². The summed E-state index contributed by atoms with van der Waals surface area (Å²) >= 11 is 0. The van der Waals surface area contributed by atoms with E-state index < -0.39 is 23.1 Å². The van der Waals surface area contributed by atoms with Gasteiger partial charge in [-0.3, -0.25) is 4.79 Å². The molecule has 1 aromatic carbocycles. The van der Waals surface area contributed by atoms with Gasteiger partial charge < -0.3 is 10.6 Å². The lowest BCUT2D eigenvalue weighted by Crippen LogP contribution is -2.44. The van der Waals surface area contributed by atoms with Crippen molar-refractivity contribution in [1.82, 2.24) is 10.6 Å². The van der Waals surface area contributed by atoms with E-state index in [-0.39, 0.29) is 30.4 Å². The van der Waals surface area contributed by atoms with Gasteiger partial charge in [0, 0.05) is 12.5 Å². The van der Waals surface area contributed by atoms with Crippen molar-refractivity contribution in [2.24, 2.45) is 5.41 Å². The Hall–Kier alpha value is -1.27. The zero-order valence-electron chi connectivity index (χ0n) is 11.9. The van der Waals surface area contributed by atoms with Crippen LogP contribution in [-0.2, 0) is 11.0 Å². The molecular weight excluding hydrogens is 317 g/mol. The highest BCUT2D eigenvalue weighted by Gasteiger charge is 2.52. The van der Waals surface area contributed by atoms with Crippen LogP contribution < -0.4 is 10.6 Å². The van der Waals surface area contributed by atoms with Gasteiger partial charge in [-0.05, 0) is 37.6 Å². The number of carbonyl (C=O) groups is 1. The Balaban J connectivity index is 0.00000176. The van der Waals surface area contributed by atoms with E-state index in [1.807, 2.05) is 0 Å². The number of nitrogens with one attached hydrogen (secondary N) is 2. The standard InChI is InChI=1S/C15H17F3N2O.ClH/c16-15(17,18)11-4-2-1-3-10(11)12-9-20-13(21)14(12)5-7-19-8-6-14;/h1-4,12,19H,5-9H2,(H,20,21);1H. The lowest BCUT2D eigenvalue weighted by Gasteiger charge is -2.37. The normalized spacial score (nSPS) is 24.0. The molecule has 2 saturated heterocycles. The molecular formula is C15H18ClF3N2O. The van der Waals surface area contributed by atoms with Gasteiger partial charge in [0.1, 0.15) is 0 Å². The molecule has 1 atom stereocenters. The first-order valence-electron chi connectivity index (χ1n) is 7.10. The molecule has 2 N–H and O–H groups in total. The van der Waals surface area contributed by atoms with E-state index in [1.165, 1.54) is 12.1 Å². The smallest absolute Gasteiger partial charge is 0.355 e. The van der Waals surface area contributed by atoms with Crippen molar-refractivity contribution in [2.45, 2.75) is 24.9 Å². The fourth-order valence-corrected chi connectivity index (χ4v) is 3.64. The number of hydrogen-bond donors (Lipinski definition) is 2. The van der Waals surface area contributed by atoms with Crippen LogP contribution in [0.2, 0.25) is 0 Å². The van der Waals surface area contributed by atoms with E-state index >= 15 is 0 Å². The molecule has 22 heavy (non-hydrogen) atoms. The third-order valence-corrected chi connectivity index (χ3v) is 4.72. The Kier molecular flexibility index (Phi) is 4.73. The molecule has 1 unspecified atom stereocenters. The fraction of sp³-hybridized carbons (Fsp3) is 0.533. The van der Waals surface area contributed by atoms with Gasteiger partial charge >= 0.3 is 6.18 Å². The van der Waals surface area contributed by atoms with E-state index in [0.717, 1.165) is 6.07 Å². The second-order valence-electron chi connectivity index (χ2n) is 5.75. The van der Waals surface area contributed by atoms with Gasteiger partial charge in [0.2, 0.25) is 5.91 Å². The van der Waals surface area contributed by atoms with Gasteiger partial charge in [-0.1, -0.05) is 18.2 Å². The summed E-state index contributed by atoms with van der Waals surface area (Å²) in [7, 11) is 0. The molecule has 0 aliphatic carbocycles. The second-order valence-corrected chi connectivity index (χ2v) is 5.75. The minimum Gasteiger partial charge on any atom is -0.355 e. The highest BCUT2D eigenvalue weighted by Crippen LogP contribution is 2.49. The van der Waals surface area contributed by atoms with E-state index in [9.17, 15) is 18.0 Å². The molecule has 1 amide bonds. The predicted molar refractivity (Wildman–Crippen MR) is 79.0 cm³/mol. The largest absolute Gasteiger partial charge is 0.416 e. The van der Waals surface area contributed by atoms with Crippen LogP contribution in [0.5, 0.6) is 0 Å². The van der Waals surface area contributed by atoms with E-state index in [1.54, 1.807) is 6.07 Å². The Bertz CT molecular complexity index is 556. The molecule has 7 heteroatoms. The molecule has 2 aliphatic heterocycles. The Morgan fingerprint density at radius 1 is 1.14 bits per heavy atom. The summed E-state index contributed by atoms with van der Waals surface area (Å²) in [6.45, 7) is 1.61. The average molecular weight is 335 g/mol. The van der Waals surface area contributed by atoms with Crippen LogP contribution in [0.25, 0.3) is 0 Å². The zero-order chi connectivity index (χ0) is 15.1. The molecule has 2 fully saturated rings. The average Bonchev–Trinajstić information content (AvgIpc) is 2.76. The van der Waals surface area contributed by atoms with Gasteiger partial charge in [-0.15, -0.1) is 12.4 Å². The summed E-state index contributed by atoms with van der Waals surface area (Å²) in [6.07, 6.45) is -3.23. The molecule has 2 aliphatic rings. The van der Waals surface area contributed by atoms with Gasteiger partial charge in [-0.2, -0.15) is 13.2 Å². The van der Waals surface area contributed by atoms with Crippen LogP contribution in [0, 0.1) is 5.41 Å². The first-order valence-corrected chi connectivity index (χ1v) is 7.10. The molecule has 0 bridgehead atoms. The second kappa shape index (κ2) is 6.08.